The van der Waals surface area contributed by atoms with Crippen molar-refractivity contribution in [3.63, 3.8) is 0 Å². The second-order valence-electron chi connectivity index (χ2n) is 4.00. The molecule has 1 fully saturated rings. The summed E-state index contributed by atoms with van der Waals surface area (Å²) in [5, 5.41) is 12.0. The Morgan fingerprint density at radius 1 is 1.46 bits per heavy atom. The van der Waals surface area contributed by atoms with Crippen LogP contribution in [-0.4, -0.2) is 38.5 Å². The SMILES string of the molecule is COCCC1(CNCCCO)CC1. The number of ether oxygens (including phenoxy) is 1. The molecule has 0 amide bonds. The van der Waals surface area contributed by atoms with Crippen molar-refractivity contribution in [1.82, 2.24) is 5.32 Å². The van der Waals surface area contributed by atoms with Crippen molar-refractivity contribution in [2.24, 2.45) is 5.41 Å². The summed E-state index contributed by atoms with van der Waals surface area (Å²) in [5.74, 6) is 0. The first-order valence-electron chi connectivity index (χ1n) is 5.13. The second kappa shape index (κ2) is 5.58. The lowest BCUT2D eigenvalue weighted by Crippen LogP contribution is -2.26. The Balaban J connectivity index is 1.99. The lowest BCUT2D eigenvalue weighted by Gasteiger charge is -2.14. The molecule has 0 spiro atoms. The minimum Gasteiger partial charge on any atom is -0.396 e. The molecule has 0 radical (unpaired) electrons. The van der Waals surface area contributed by atoms with Gasteiger partial charge in [-0.1, -0.05) is 0 Å². The predicted octanol–water partition coefficient (Wildman–Crippen LogP) is 0.775. The third-order valence-electron chi connectivity index (χ3n) is 2.81. The molecule has 0 aromatic heterocycles. The van der Waals surface area contributed by atoms with E-state index in [1.54, 1.807) is 7.11 Å². The van der Waals surface area contributed by atoms with Crippen LogP contribution in [0.2, 0.25) is 0 Å². The fourth-order valence-corrected chi connectivity index (χ4v) is 1.57. The van der Waals surface area contributed by atoms with E-state index in [0.717, 1.165) is 26.1 Å². The number of hydrogen-bond donors (Lipinski definition) is 2. The molecule has 3 nitrogen and oxygen atoms in total. The number of aliphatic hydroxyl groups excluding tert-OH is 1. The highest BCUT2D eigenvalue weighted by molar-refractivity contribution is 4.94. The summed E-state index contributed by atoms with van der Waals surface area (Å²) in [4.78, 5) is 0. The van der Waals surface area contributed by atoms with Crippen LogP contribution in [0.15, 0.2) is 0 Å². The summed E-state index contributed by atoms with van der Waals surface area (Å²) in [5.41, 5.74) is 0.533. The van der Waals surface area contributed by atoms with Gasteiger partial charge in [-0.15, -0.1) is 0 Å². The lowest BCUT2D eigenvalue weighted by molar-refractivity contribution is 0.171. The van der Waals surface area contributed by atoms with Crippen LogP contribution in [0.5, 0.6) is 0 Å². The van der Waals surface area contributed by atoms with Gasteiger partial charge in [0.15, 0.2) is 0 Å². The summed E-state index contributed by atoms with van der Waals surface area (Å²) < 4.78 is 5.08. The van der Waals surface area contributed by atoms with E-state index in [1.807, 2.05) is 0 Å². The van der Waals surface area contributed by atoms with Crippen molar-refractivity contribution >= 4 is 0 Å². The molecule has 0 aromatic rings. The van der Waals surface area contributed by atoms with Crippen LogP contribution in [0.4, 0.5) is 0 Å². The molecule has 0 aliphatic heterocycles. The van der Waals surface area contributed by atoms with Crippen LogP contribution in [0.1, 0.15) is 25.7 Å². The van der Waals surface area contributed by atoms with Gasteiger partial charge < -0.3 is 15.2 Å². The average molecular weight is 187 g/mol. The average Bonchev–Trinajstić information content (AvgIpc) is 2.91. The van der Waals surface area contributed by atoms with Crippen LogP contribution in [0, 0.1) is 5.41 Å². The molecule has 1 aliphatic rings. The van der Waals surface area contributed by atoms with Gasteiger partial charge in [-0.3, -0.25) is 0 Å². The van der Waals surface area contributed by atoms with E-state index in [9.17, 15) is 0 Å². The van der Waals surface area contributed by atoms with Gasteiger partial charge in [-0.25, -0.2) is 0 Å². The van der Waals surface area contributed by atoms with E-state index in [4.69, 9.17) is 9.84 Å². The monoisotopic (exact) mass is 187 g/mol. The molecule has 1 rings (SSSR count). The second-order valence-corrected chi connectivity index (χ2v) is 4.00. The largest absolute Gasteiger partial charge is 0.396 e. The Hall–Kier alpha value is -0.120. The standard InChI is InChI=1S/C10H21NO2/c1-13-8-5-10(3-4-10)9-11-6-2-7-12/h11-12H,2-9H2,1H3. The van der Waals surface area contributed by atoms with Crippen molar-refractivity contribution in [2.45, 2.75) is 25.7 Å². The van der Waals surface area contributed by atoms with Crippen molar-refractivity contribution in [3.8, 4) is 0 Å². The molecule has 3 heteroatoms. The summed E-state index contributed by atoms with van der Waals surface area (Å²) in [7, 11) is 1.76. The van der Waals surface area contributed by atoms with Gasteiger partial charge in [0, 0.05) is 26.9 Å². The predicted molar refractivity (Wildman–Crippen MR) is 52.7 cm³/mol. The zero-order valence-electron chi connectivity index (χ0n) is 8.51. The Morgan fingerprint density at radius 2 is 2.23 bits per heavy atom. The zero-order chi connectivity index (χ0) is 9.57. The minimum absolute atomic E-state index is 0.290. The van der Waals surface area contributed by atoms with E-state index >= 15 is 0 Å². The molecule has 78 valence electrons. The third kappa shape index (κ3) is 4.07. The highest BCUT2D eigenvalue weighted by Gasteiger charge is 2.41. The summed E-state index contributed by atoms with van der Waals surface area (Å²) in [6.07, 6.45) is 4.71. The maximum absolute atomic E-state index is 8.59. The summed E-state index contributed by atoms with van der Waals surface area (Å²) in [6.45, 7) is 3.20. The molecule has 0 atom stereocenters. The number of hydrogen-bond acceptors (Lipinski definition) is 3. The highest BCUT2D eigenvalue weighted by atomic mass is 16.5. The van der Waals surface area contributed by atoms with Crippen LogP contribution >= 0.6 is 0 Å². The molecule has 13 heavy (non-hydrogen) atoms. The van der Waals surface area contributed by atoms with Crippen molar-refractivity contribution in [3.05, 3.63) is 0 Å². The molecule has 0 bridgehead atoms. The first kappa shape index (κ1) is 11.0. The van der Waals surface area contributed by atoms with Crippen LogP contribution < -0.4 is 5.32 Å². The molecule has 0 heterocycles. The molecule has 0 aromatic carbocycles. The van der Waals surface area contributed by atoms with E-state index in [0.29, 0.717) is 5.41 Å². The van der Waals surface area contributed by atoms with Gasteiger partial charge in [0.2, 0.25) is 0 Å². The molecule has 1 saturated carbocycles. The van der Waals surface area contributed by atoms with Crippen LogP contribution in [-0.2, 0) is 4.74 Å². The minimum atomic E-state index is 0.290. The molecule has 0 saturated heterocycles. The topological polar surface area (TPSA) is 41.5 Å². The maximum atomic E-state index is 8.59. The number of aliphatic hydroxyl groups is 1. The number of rotatable bonds is 8. The fourth-order valence-electron chi connectivity index (χ4n) is 1.57. The van der Waals surface area contributed by atoms with E-state index in [1.165, 1.54) is 19.3 Å². The molecule has 2 N–H and O–H groups in total. The van der Waals surface area contributed by atoms with Gasteiger partial charge in [0.25, 0.3) is 0 Å². The summed E-state index contributed by atoms with van der Waals surface area (Å²) in [6, 6.07) is 0. The zero-order valence-corrected chi connectivity index (χ0v) is 8.51. The van der Waals surface area contributed by atoms with Crippen molar-refractivity contribution in [1.29, 1.82) is 0 Å². The molecule has 1 aliphatic carbocycles. The first-order chi connectivity index (χ1) is 6.33. The van der Waals surface area contributed by atoms with E-state index in [-0.39, 0.29) is 6.61 Å². The number of methoxy groups -OCH3 is 1. The highest BCUT2D eigenvalue weighted by Crippen LogP contribution is 2.48. The lowest BCUT2D eigenvalue weighted by atomic mass is 10.0. The van der Waals surface area contributed by atoms with Gasteiger partial charge in [0.1, 0.15) is 0 Å². The van der Waals surface area contributed by atoms with Crippen molar-refractivity contribution < 1.29 is 9.84 Å². The van der Waals surface area contributed by atoms with Gasteiger partial charge in [-0.05, 0) is 37.6 Å². The Morgan fingerprint density at radius 3 is 2.77 bits per heavy atom. The molecular weight excluding hydrogens is 166 g/mol. The van der Waals surface area contributed by atoms with E-state index < -0.39 is 0 Å². The molecule has 0 unspecified atom stereocenters. The fraction of sp³-hybridized carbons (Fsp3) is 1.00. The van der Waals surface area contributed by atoms with E-state index in [2.05, 4.69) is 5.32 Å². The Kier molecular flexibility index (Phi) is 4.70. The van der Waals surface area contributed by atoms with Gasteiger partial charge in [-0.2, -0.15) is 0 Å². The third-order valence-corrected chi connectivity index (χ3v) is 2.81. The Bertz CT molecular complexity index is 135. The first-order valence-corrected chi connectivity index (χ1v) is 5.13. The Labute approximate surface area is 80.5 Å². The molecular formula is C10H21NO2. The van der Waals surface area contributed by atoms with Crippen LogP contribution in [0.3, 0.4) is 0 Å². The van der Waals surface area contributed by atoms with Crippen molar-refractivity contribution in [2.75, 3.05) is 33.4 Å². The summed E-state index contributed by atoms with van der Waals surface area (Å²) >= 11 is 0. The quantitative estimate of drug-likeness (QED) is 0.552. The number of nitrogens with one attached hydrogen (secondary N) is 1. The normalized spacial score (nSPS) is 18.9. The smallest absolute Gasteiger partial charge is 0.0468 e. The van der Waals surface area contributed by atoms with Gasteiger partial charge in [0.05, 0.1) is 0 Å². The van der Waals surface area contributed by atoms with Crippen LogP contribution in [0.25, 0.3) is 0 Å². The maximum Gasteiger partial charge on any atom is 0.0468 e. The van der Waals surface area contributed by atoms with Gasteiger partial charge >= 0.3 is 0 Å².